The Hall–Kier alpha value is -1.30. The number of hydrazine groups is 1. The van der Waals surface area contributed by atoms with E-state index in [9.17, 15) is 9.59 Å². The molecule has 0 saturated carbocycles. The number of carboxylic acid groups (broad SMARTS) is 1. The number of amides is 2. The fourth-order valence-electron chi connectivity index (χ4n) is 1.80. The monoisotopic (exact) mass is 259 g/mol. The Morgan fingerprint density at radius 1 is 1.22 bits per heavy atom. The van der Waals surface area contributed by atoms with Crippen LogP contribution in [0.5, 0.6) is 0 Å². The van der Waals surface area contributed by atoms with Gasteiger partial charge in [0.1, 0.15) is 0 Å². The van der Waals surface area contributed by atoms with Gasteiger partial charge in [-0.1, -0.05) is 19.8 Å². The Kier molecular flexibility index (Phi) is 9.00. The molecule has 0 aliphatic rings. The molecule has 1 unspecified atom stereocenters. The molecule has 0 aliphatic heterocycles. The quantitative estimate of drug-likeness (QED) is 0.547. The number of carbonyl (C=O) groups excluding carboxylic acids is 1. The Labute approximate surface area is 109 Å². The number of aliphatic carboxylic acids is 1. The number of hydrogen-bond donors (Lipinski definition) is 3. The molecule has 2 amide bonds. The van der Waals surface area contributed by atoms with Crippen molar-refractivity contribution < 1.29 is 14.7 Å². The Morgan fingerprint density at radius 3 is 2.39 bits per heavy atom. The van der Waals surface area contributed by atoms with Gasteiger partial charge in [-0.25, -0.2) is 9.80 Å². The summed E-state index contributed by atoms with van der Waals surface area (Å²) in [5, 5.41) is 13.0. The van der Waals surface area contributed by atoms with Crippen molar-refractivity contribution in [3.8, 4) is 0 Å². The van der Waals surface area contributed by atoms with Crippen molar-refractivity contribution in [1.29, 1.82) is 0 Å². The lowest BCUT2D eigenvalue weighted by molar-refractivity contribution is -0.137. The van der Waals surface area contributed by atoms with Crippen LogP contribution in [0.4, 0.5) is 4.79 Å². The third-order valence-electron chi connectivity index (χ3n) is 2.63. The van der Waals surface area contributed by atoms with Crippen LogP contribution in [0, 0.1) is 5.92 Å². The molecule has 0 bridgehead atoms. The Balaban J connectivity index is 3.81. The molecule has 0 aliphatic carbocycles. The summed E-state index contributed by atoms with van der Waals surface area (Å²) in [7, 11) is 3.48. The van der Waals surface area contributed by atoms with Crippen LogP contribution in [0.1, 0.15) is 39.0 Å². The standard InChI is InChI=1S/C12H25N3O3/c1-4-5-10(6-7-11(16)17)8-9-13-12(18)14-15(2)3/h10H,4-9H2,1-3H3,(H,16,17)(H2,13,14,18). The number of carbonyl (C=O) groups is 2. The topological polar surface area (TPSA) is 81.7 Å². The van der Waals surface area contributed by atoms with Crippen LogP contribution in [0.25, 0.3) is 0 Å². The fraction of sp³-hybridized carbons (Fsp3) is 0.833. The molecule has 3 N–H and O–H groups in total. The van der Waals surface area contributed by atoms with Gasteiger partial charge < -0.3 is 10.4 Å². The molecule has 1 atom stereocenters. The first-order valence-corrected chi connectivity index (χ1v) is 6.39. The van der Waals surface area contributed by atoms with Crippen molar-refractivity contribution in [3.05, 3.63) is 0 Å². The number of hydrogen-bond acceptors (Lipinski definition) is 3. The molecule has 0 saturated heterocycles. The summed E-state index contributed by atoms with van der Waals surface area (Å²) in [6.45, 7) is 2.66. The highest BCUT2D eigenvalue weighted by molar-refractivity contribution is 5.73. The molecule has 0 fully saturated rings. The van der Waals surface area contributed by atoms with Crippen LogP contribution in [-0.4, -0.2) is 42.8 Å². The smallest absolute Gasteiger partial charge is 0.329 e. The summed E-state index contributed by atoms with van der Waals surface area (Å²) < 4.78 is 0. The highest BCUT2D eigenvalue weighted by Crippen LogP contribution is 2.16. The van der Waals surface area contributed by atoms with E-state index in [0.29, 0.717) is 18.9 Å². The largest absolute Gasteiger partial charge is 0.481 e. The van der Waals surface area contributed by atoms with Gasteiger partial charge >= 0.3 is 12.0 Å². The van der Waals surface area contributed by atoms with Gasteiger partial charge in [-0.05, 0) is 18.8 Å². The van der Waals surface area contributed by atoms with E-state index in [4.69, 9.17) is 5.11 Å². The average molecular weight is 259 g/mol. The third kappa shape index (κ3) is 9.89. The predicted molar refractivity (Wildman–Crippen MR) is 70.1 cm³/mol. The maximum atomic E-state index is 11.3. The summed E-state index contributed by atoms with van der Waals surface area (Å²) in [5.74, 6) is -0.389. The Bertz CT molecular complexity index is 257. The zero-order chi connectivity index (χ0) is 14.0. The average Bonchev–Trinajstić information content (AvgIpc) is 2.24. The number of carboxylic acids is 1. The van der Waals surface area contributed by atoms with Crippen LogP contribution in [0.15, 0.2) is 0 Å². The van der Waals surface area contributed by atoms with E-state index in [1.54, 1.807) is 19.1 Å². The number of nitrogens with zero attached hydrogens (tertiary/aromatic N) is 1. The Morgan fingerprint density at radius 2 is 1.89 bits per heavy atom. The second-order valence-corrected chi connectivity index (χ2v) is 4.64. The molecule has 6 nitrogen and oxygen atoms in total. The SMILES string of the molecule is CCCC(CCNC(=O)NN(C)C)CCC(=O)O. The third-order valence-corrected chi connectivity index (χ3v) is 2.63. The fourth-order valence-corrected chi connectivity index (χ4v) is 1.80. The summed E-state index contributed by atoms with van der Waals surface area (Å²) >= 11 is 0. The van der Waals surface area contributed by atoms with E-state index in [2.05, 4.69) is 17.7 Å². The summed E-state index contributed by atoms with van der Waals surface area (Å²) in [4.78, 5) is 21.8. The van der Waals surface area contributed by atoms with Crippen LogP contribution >= 0.6 is 0 Å². The normalized spacial score (nSPS) is 12.2. The first-order chi connectivity index (χ1) is 8.45. The van der Waals surface area contributed by atoms with E-state index in [-0.39, 0.29) is 12.5 Å². The molecule has 106 valence electrons. The van der Waals surface area contributed by atoms with Gasteiger partial charge in [-0.15, -0.1) is 0 Å². The maximum absolute atomic E-state index is 11.3. The molecular formula is C12H25N3O3. The van der Waals surface area contributed by atoms with Gasteiger partial charge in [0.2, 0.25) is 0 Å². The lowest BCUT2D eigenvalue weighted by atomic mass is 9.94. The summed E-state index contributed by atoms with van der Waals surface area (Å²) in [5.41, 5.74) is 2.59. The number of nitrogens with one attached hydrogen (secondary N) is 2. The zero-order valence-electron chi connectivity index (χ0n) is 11.5. The van der Waals surface area contributed by atoms with Crippen molar-refractivity contribution in [2.24, 2.45) is 5.92 Å². The van der Waals surface area contributed by atoms with Crippen molar-refractivity contribution >= 4 is 12.0 Å². The highest BCUT2D eigenvalue weighted by atomic mass is 16.4. The van der Waals surface area contributed by atoms with Gasteiger partial charge in [0.25, 0.3) is 0 Å². The highest BCUT2D eigenvalue weighted by Gasteiger charge is 2.10. The van der Waals surface area contributed by atoms with Gasteiger partial charge in [0.05, 0.1) is 0 Å². The minimum atomic E-state index is -0.755. The van der Waals surface area contributed by atoms with E-state index in [1.807, 2.05) is 0 Å². The molecule has 18 heavy (non-hydrogen) atoms. The lowest BCUT2D eigenvalue weighted by Gasteiger charge is -2.17. The van der Waals surface area contributed by atoms with Crippen molar-refractivity contribution in [2.75, 3.05) is 20.6 Å². The van der Waals surface area contributed by atoms with Crippen molar-refractivity contribution in [2.45, 2.75) is 39.0 Å². The van der Waals surface area contributed by atoms with Crippen molar-refractivity contribution in [3.63, 3.8) is 0 Å². The number of urea groups is 1. The predicted octanol–water partition coefficient (Wildman–Crippen LogP) is 1.43. The molecule has 0 aromatic rings. The van der Waals surface area contributed by atoms with Gasteiger partial charge in [-0.2, -0.15) is 0 Å². The molecule has 0 heterocycles. The molecule has 0 radical (unpaired) electrons. The first kappa shape index (κ1) is 16.7. The molecular weight excluding hydrogens is 234 g/mol. The van der Waals surface area contributed by atoms with Gasteiger partial charge in [0.15, 0.2) is 0 Å². The van der Waals surface area contributed by atoms with Crippen LogP contribution in [-0.2, 0) is 4.79 Å². The van der Waals surface area contributed by atoms with E-state index in [1.165, 1.54) is 0 Å². The van der Waals surface area contributed by atoms with E-state index < -0.39 is 5.97 Å². The summed E-state index contributed by atoms with van der Waals surface area (Å²) in [6.07, 6.45) is 3.75. The zero-order valence-corrected chi connectivity index (χ0v) is 11.5. The van der Waals surface area contributed by atoms with Crippen LogP contribution < -0.4 is 10.7 Å². The summed E-state index contributed by atoms with van der Waals surface area (Å²) in [6, 6.07) is -0.228. The lowest BCUT2D eigenvalue weighted by Crippen LogP contribution is -2.43. The second-order valence-electron chi connectivity index (χ2n) is 4.64. The van der Waals surface area contributed by atoms with E-state index in [0.717, 1.165) is 19.3 Å². The molecule has 0 spiro atoms. The molecule has 0 aromatic heterocycles. The molecule has 0 rings (SSSR count). The second kappa shape index (κ2) is 9.70. The van der Waals surface area contributed by atoms with E-state index >= 15 is 0 Å². The minimum absolute atomic E-state index is 0.203. The molecule has 6 heteroatoms. The van der Waals surface area contributed by atoms with Crippen LogP contribution in [0.2, 0.25) is 0 Å². The first-order valence-electron chi connectivity index (χ1n) is 6.39. The molecule has 0 aromatic carbocycles. The van der Waals surface area contributed by atoms with Crippen molar-refractivity contribution in [1.82, 2.24) is 15.8 Å². The number of rotatable bonds is 9. The van der Waals surface area contributed by atoms with Gasteiger partial charge in [-0.3, -0.25) is 10.2 Å². The van der Waals surface area contributed by atoms with Gasteiger partial charge in [0, 0.05) is 27.1 Å². The van der Waals surface area contributed by atoms with Crippen LogP contribution in [0.3, 0.4) is 0 Å². The minimum Gasteiger partial charge on any atom is -0.481 e. The maximum Gasteiger partial charge on any atom is 0.329 e.